The zero-order valence-corrected chi connectivity index (χ0v) is 10.5. The second kappa shape index (κ2) is 4.56. The van der Waals surface area contributed by atoms with Crippen molar-refractivity contribution >= 4 is 23.1 Å². The van der Waals surface area contributed by atoms with Crippen molar-refractivity contribution in [2.45, 2.75) is 19.3 Å². The first-order valence-electron chi connectivity index (χ1n) is 6.00. The van der Waals surface area contributed by atoms with Crippen molar-refractivity contribution in [1.29, 1.82) is 0 Å². The zero-order chi connectivity index (χ0) is 11.7. The molecule has 0 spiro atoms. The highest BCUT2D eigenvalue weighted by atomic mass is 32.2. The zero-order valence-electron chi connectivity index (χ0n) is 9.67. The summed E-state index contributed by atoms with van der Waals surface area (Å²) in [6.07, 6.45) is 5.46. The first kappa shape index (κ1) is 10.9. The fraction of sp³-hybridized carbons (Fsp3) is 0.500. The molecule has 0 unspecified atom stereocenters. The Balaban J connectivity index is 1.83. The molecule has 2 N–H and O–H groups in total. The molecule has 2 aromatic rings. The maximum absolute atomic E-state index is 5.88. The molecule has 0 aromatic carbocycles. The Morgan fingerprint density at radius 2 is 2.24 bits per heavy atom. The van der Waals surface area contributed by atoms with E-state index in [2.05, 4.69) is 21.8 Å². The molecule has 17 heavy (non-hydrogen) atoms. The summed E-state index contributed by atoms with van der Waals surface area (Å²) in [4.78, 5) is 4.53. The maximum atomic E-state index is 5.88. The van der Waals surface area contributed by atoms with Gasteiger partial charge in [0.15, 0.2) is 11.5 Å². The number of pyridine rings is 1. The lowest BCUT2D eigenvalue weighted by atomic mass is 9.99. The third-order valence-electron chi connectivity index (χ3n) is 3.25. The molecule has 0 aliphatic carbocycles. The van der Waals surface area contributed by atoms with Crippen LogP contribution in [-0.2, 0) is 6.42 Å². The van der Waals surface area contributed by atoms with Crippen molar-refractivity contribution in [3.63, 3.8) is 0 Å². The van der Waals surface area contributed by atoms with Gasteiger partial charge in [0.25, 0.3) is 0 Å². The van der Waals surface area contributed by atoms with Crippen LogP contribution in [0, 0.1) is 5.92 Å². The van der Waals surface area contributed by atoms with Crippen molar-refractivity contribution in [2.75, 3.05) is 17.2 Å². The van der Waals surface area contributed by atoms with E-state index >= 15 is 0 Å². The Morgan fingerprint density at radius 3 is 3.00 bits per heavy atom. The predicted molar refractivity (Wildman–Crippen MR) is 71.2 cm³/mol. The van der Waals surface area contributed by atoms with E-state index in [4.69, 9.17) is 5.73 Å². The molecule has 1 aliphatic heterocycles. The summed E-state index contributed by atoms with van der Waals surface area (Å²) < 4.78 is 1.78. The molecule has 0 atom stereocenters. The number of thioether (sulfide) groups is 1. The largest absolute Gasteiger partial charge is 0.396 e. The third kappa shape index (κ3) is 2.24. The maximum Gasteiger partial charge on any atom is 0.178 e. The molecule has 0 radical (unpaired) electrons. The van der Waals surface area contributed by atoms with E-state index < -0.39 is 0 Å². The first-order chi connectivity index (χ1) is 8.33. The number of nitrogen functional groups attached to an aromatic ring is 1. The van der Waals surface area contributed by atoms with Crippen LogP contribution in [-0.4, -0.2) is 26.1 Å². The normalized spacial score (nSPS) is 17.6. The predicted octanol–water partition coefficient (Wildman–Crippen LogP) is 2.00. The van der Waals surface area contributed by atoms with Gasteiger partial charge in [0.2, 0.25) is 0 Å². The Hall–Kier alpha value is -1.23. The van der Waals surface area contributed by atoms with Crippen LogP contribution in [0.25, 0.3) is 5.65 Å². The summed E-state index contributed by atoms with van der Waals surface area (Å²) in [6.45, 7) is 0. The van der Waals surface area contributed by atoms with Gasteiger partial charge in [0.1, 0.15) is 0 Å². The van der Waals surface area contributed by atoms with Crippen molar-refractivity contribution in [3.8, 4) is 0 Å². The van der Waals surface area contributed by atoms with Gasteiger partial charge in [-0.25, -0.2) is 9.50 Å². The van der Waals surface area contributed by atoms with Crippen molar-refractivity contribution in [3.05, 3.63) is 24.2 Å². The van der Waals surface area contributed by atoms with Crippen LogP contribution in [0.2, 0.25) is 0 Å². The number of nitrogens with zero attached hydrogens (tertiary/aromatic N) is 3. The van der Waals surface area contributed by atoms with E-state index in [1.807, 2.05) is 18.3 Å². The first-order valence-corrected chi connectivity index (χ1v) is 7.16. The van der Waals surface area contributed by atoms with E-state index in [9.17, 15) is 0 Å². The van der Waals surface area contributed by atoms with Crippen molar-refractivity contribution in [1.82, 2.24) is 14.6 Å². The minimum Gasteiger partial charge on any atom is -0.396 e. The van der Waals surface area contributed by atoms with Crippen LogP contribution in [0.3, 0.4) is 0 Å². The standard InChI is InChI=1S/C12H16N4S/c13-10-2-1-5-16-12(10)14-11(15-16)8-9-3-6-17-7-4-9/h1-2,5,9H,3-4,6-8,13H2. The Labute approximate surface area is 105 Å². The fourth-order valence-electron chi connectivity index (χ4n) is 2.27. The van der Waals surface area contributed by atoms with Gasteiger partial charge >= 0.3 is 0 Å². The summed E-state index contributed by atoms with van der Waals surface area (Å²) in [7, 11) is 0. The average Bonchev–Trinajstić information content (AvgIpc) is 2.74. The second-order valence-corrected chi connectivity index (χ2v) is 5.74. The van der Waals surface area contributed by atoms with Gasteiger partial charge in [-0.1, -0.05) is 0 Å². The van der Waals surface area contributed by atoms with Gasteiger partial charge in [-0.3, -0.25) is 0 Å². The molecule has 2 aromatic heterocycles. The van der Waals surface area contributed by atoms with Gasteiger partial charge in [0, 0.05) is 12.6 Å². The highest BCUT2D eigenvalue weighted by molar-refractivity contribution is 7.99. The lowest BCUT2D eigenvalue weighted by molar-refractivity contribution is 0.476. The minimum absolute atomic E-state index is 0.699. The molecule has 0 bridgehead atoms. The Kier molecular flexibility index (Phi) is 2.93. The number of hydrogen-bond acceptors (Lipinski definition) is 4. The van der Waals surface area contributed by atoms with E-state index in [1.54, 1.807) is 4.52 Å². The number of hydrogen-bond donors (Lipinski definition) is 1. The average molecular weight is 248 g/mol. The molecular weight excluding hydrogens is 232 g/mol. The van der Waals surface area contributed by atoms with Gasteiger partial charge in [-0.05, 0) is 42.4 Å². The fourth-order valence-corrected chi connectivity index (χ4v) is 3.47. The van der Waals surface area contributed by atoms with E-state index in [0.717, 1.165) is 23.8 Å². The van der Waals surface area contributed by atoms with Crippen molar-refractivity contribution < 1.29 is 0 Å². The van der Waals surface area contributed by atoms with Gasteiger partial charge < -0.3 is 5.73 Å². The summed E-state index contributed by atoms with van der Waals surface area (Å²) in [5.74, 6) is 4.23. The summed E-state index contributed by atoms with van der Waals surface area (Å²) in [5, 5.41) is 4.49. The summed E-state index contributed by atoms with van der Waals surface area (Å²) in [5.41, 5.74) is 7.36. The van der Waals surface area contributed by atoms with E-state index in [1.165, 1.54) is 24.3 Å². The monoisotopic (exact) mass is 248 g/mol. The molecule has 90 valence electrons. The number of rotatable bonds is 2. The lowest BCUT2D eigenvalue weighted by Crippen LogP contribution is -2.13. The molecule has 0 saturated carbocycles. The number of nitrogens with two attached hydrogens (primary N) is 1. The van der Waals surface area contributed by atoms with Crippen LogP contribution in [0.1, 0.15) is 18.7 Å². The topological polar surface area (TPSA) is 56.2 Å². The van der Waals surface area contributed by atoms with E-state index in [-0.39, 0.29) is 0 Å². The van der Waals surface area contributed by atoms with Gasteiger partial charge in [-0.15, -0.1) is 0 Å². The summed E-state index contributed by atoms with van der Waals surface area (Å²) >= 11 is 2.05. The Morgan fingerprint density at radius 1 is 1.41 bits per heavy atom. The highest BCUT2D eigenvalue weighted by Gasteiger charge is 2.17. The molecule has 3 heterocycles. The van der Waals surface area contributed by atoms with Crippen LogP contribution in [0.15, 0.2) is 18.3 Å². The highest BCUT2D eigenvalue weighted by Crippen LogP contribution is 2.25. The Bertz CT molecular complexity index is 516. The van der Waals surface area contributed by atoms with Crippen molar-refractivity contribution in [2.24, 2.45) is 5.92 Å². The number of anilines is 1. The lowest BCUT2D eigenvalue weighted by Gasteiger charge is -2.19. The van der Waals surface area contributed by atoms with E-state index in [0.29, 0.717) is 5.69 Å². The molecule has 3 rings (SSSR count). The van der Waals surface area contributed by atoms with Crippen LogP contribution < -0.4 is 5.73 Å². The summed E-state index contributed by atoms with van der Waals surface area (Å²) in [6, 6.07) is 3.77. The number of aromatic nitrogens is 3. The van der Waals surface area contributed by atoms with Gasteiger partial charge in [0.05, 0.1) is 5.69 Å². The molecule has 1 aliphatic rings. The molecule has 1 fully saturated rings. The smallest absolute Gasteiger partial charge is 0.178 e. The van der Waals surface area contributed by atoms with Crippen LogP contribution in [0.4, 0.5) is 5.69 Å². The molecule has 4 nitrogen and oxygen atoms in total. The van der Waals surface area contributed by atoms with Gasteiger partial charge in [-0.2, -0.15) is 16.9 Å². The molecule has 0 amide bonds. The SMILES string of the molecule is Nc1cccn2nc(CC3CCSCC3)nc12. The molecular formula is C12H16N4S. The second-order valence-electron chi connectivity index (χ2n) is 4.52. The quantitative estimate of drug-likeness (QED) is 0.883. The minimum atomic E-state index is 0.699. The van der Waals surface area contributed by atoms with Crippen LogP contribution in [0.5, 0.6) is 0 Å². The molecule has 5 heteroatoms. The number of fused-ring (bicyclic) bond motifs is 1. The molecule has 1 saturated heterocycles. The third-order valence-corrected chi connectivity index (χ3v) is 4.30. The van der Waals surface area contributed by atoms with Crippen LogP contribution >= 0.6 is 11.8 Å².